The van der Waals surface area contributed by atoms with E-state index in [-0.39, 0.29) is 5.91 Å². The molecule has 0 radical (unpaired) electrons. The Morgan fingerprint density at radius 3 is 2.94 bits per heavy atom. The van der Waals surface area contributed by atoms with Crippen molar-refractivity contribution < 1.29 is 4.79 Å². The van der Waals surface area contributed by atoms with Crippen molar-refractivity contribution in [3.63, 3.8) is 0 Å². The number of halogens is 1. The first kappa shape index (κ1) is 12.4. The third-order valence-corrected chi connectivity index (χ3v) is 4.08. The Kier molecular flexibility index (Phi) is 4.02. The molecule has 5 heteroatoms. The van der Waals surface area contributed by atoms with Crippen LogP contribution in [0.5, 0.6) is 0 Å². The Morgan fingerprint density at radius 1 is 1.47 bits per heavy atom. The molecule has 2 aromatic rings. The second-order valence-corrected chi connectivity index (χ2v) is 6.12. The van der Waals surface area contributed by atoms with Gasteiger partial charge in [-0.25, -0.2) is 0 Å². The topological polar surface area (TPSA) is 34.0 Å². The molecule has 0 saturated heterocycles. The van der Waals surface area contributed by atoms with E-state index in [0.717, 1.165) is 15.2 Å². The van der Waals surface area contributed by atoms with Crippen molar-refractivity contribution in [2.45, 2.75) is 20.0 Å². The van der Waals surface area contributed by atoms with Gasteiger partial charge in [-0.15, -0.1) is 11.3 Å². The number of carbonyl (C=O) groups is 1. The minimum Gasteiger partial charge on any atom is -0.346 e. The lowest BCUT2D eigenvalue weighted by Gasteiger charge is -2.06. The smallest absolute Gasteiger partial charge is 0.268 e. The number of nitrogens with one attached hydrogen (secondary N) is 1. The Bertz CT molecular complexity index is 518. The van der Waals surface area contributed by atoms with E-state index >= 15 is 0 Å². The number of aryl methyl sites for hydroxylation is 1. The van der Waals surface area contributed by atoms with E-state index in [2.05, 4.69) is 21.2 Å². The van der Waals surface area contributed by atoms with Crippen LogP contribution in [0.2, 0.25) is 0 Å². The highest BCUT2D eigenvalue weighted by atomic mass is 79.9. The summed E-state index contributed by atoms with van der Waals surface area (Å²) in [6.45, 7) is 3.40. The van der Waals surface area contributed by atoms with Gasteiger partial charge in [0.15, 0.2) is 0 Å². The molecule has 2 aromatic heterocycles. The molecule has 0 unspecified atom stereocenters. The van der Waals surface area contributed by atoms with Gasteiger partial charge >= 0.3 is 0 Å². The first-order valence-corrected chi connectivity index (χ1v) is 6.99. The molecule has 2 heterocycles. The highest BCUT2D eigenvalue weighted by Gasteiger charge is 2.09. The molecular weight excluding hydrogens is 300 g/mol. The zero-order valence-corrected chi connectivity index (χ0v) is 11.8. The predicted molar refractivity (Wildman–Crippen MR) is 73.3 cm³/mol. The summed E-state index contributed by atoms with van der Waals surface area (Å²) in [5.41, 5.74) is 0.711. The fraction of sp³-hybridized carbons (Fsp3) is 0.250. The summed E-state index contributed by atoms with van der Waals surface area (Å²) < 4.78 is 3.01. The highest BCUT2D eigenvalue weighted by molar-refractivity contribution is 9.11. The number of aromatic nitrogens is 1. The number of rotatable bonds is 4. The van der Waals surface area contributed by atoms with Gasteiger partial charge in [0.2, 0.25) is 0 Å². The van der Waals surface area contributed by atoms with E-state index in [1.165, 1.54) is 0 Å². The molecule has 0 aromatic carbocycles. The predicted octanol–water partition coefficient (Wildman–Crippen LogP) is 3.26. The summed E-state index contributed by atoms with van der Waals surface area (Å²) in [6, 6.07) is 7.72. The van der Waals surface area contributed by atoms with Gasteiger partial charge in [0, 0.05) is 17.6 Å². The Hall–Kier alpha value is -1.07. The fourth-order valence-corrected chi connectivity index (χ4v) is 3.02. The number of nitrogens with zero attached hydrogens (tertiary/aromatic N) is 1. The molecule has 0 spiro atoms. The molecule has 0 atom stereocenters. The molecule has 17 heavy (non-hydrogen) atoms. The molecule has 0 fully saturated rings. The highest BCUT2D eigenvalue weighted by Crippen LogP contribution is 2.21. The zero-order chi connectivity index (χ0) is 12.3. The van der Waals surface area contributed by atoms with E-state index < -0.39 is 0 Å². The summed E-state index contributed by atoms with van der Waals surface area (Å²) in [4.78, 5) is 13.1. The van der Waals surface area contributed by atoms with Gasteiger partial charge in [-0.3, -0.25) is 4.79 Å². The van der Waals surface area contributed by atoms with Gasteiger partial charge in [-0.05, 0) is 47.1 Å². The number of amides is 1. The van der Waals surface area contributed by atoms with Crippen molar-refractivity contribution >= 4 is 33.2 Å². The quantitative estimate of drug-likeness (QED) is 0.923. The van der Waals surface area contributed by atoms with Gasteiger partial charge in [0.1, 0.15) is 5.69 Å². The van der Waals surface area contributed by atoms with Crippen LogP contribution in [-0.4, -0.2) is 10.5 Å². The third kappa shape index (κ3) is 2.98. The number of carbonyl (C=O) groups excluding carboxylic acids is 1. The maximum absolute atomic E-state index is 11.9. The average Bonchev–Trinajstić information content (AvgIpc) is 2.94. The zero-order valence-electron chi connectivity index (χ0n) is 9.44. The molecule has 0 aliphatic rings. The summed E-state index contributed by atoms with van der Waals surface area (Å²) in [5, 5.41) is 2.92. The summed E-state index contributed by atoms with van der Waals surface area (Å²) in [5.74, 6) is -0.0265. The molecule has 0 aliphatic heterocycles. The largest absolute Gasteiger partial charge is 0.346 e. The Morgan fingerprint density at radius 2 is 2.29 bits per heavy atom. The van der Waals surface area contributed by atoms with Crippen LogP contribution in [0.15, 0.2) is 34.2 Å². The van der Waals surface area contributed by atoms with Crippen LogP contribution in [0, 0.1) is 0 Å². The Balaban J connectivity index is 1.98. The molecule has 0 bridgehead atoms. The molecular formula is C12H13BrN2OS. The van der Waals surface area contributed by atoms with Crippen LogP contribution in [0.1, 0.15) is 22.3 Å². The van der Waals surface area contributed by atoms with Gasteiger partial charge in [0.05, 0.1) is 10.3 Å². The van der Waals surface area contributed by atoms with E-state index in [9.17, 15) is 4.79 Å². The van der Waals surface area contributed by atoms with Crippen LogP contribution in [0.3, 0.4) is 0 Å². The van der Waals surface area contributed by atoms with Crippen LogP contribution in [0.4, 0.5) is 0 Å². The number of hydrogen-bond donors (Lipinski definition) is 1. The number of thiophene rings is 1. The minimum absolute atomic E-state index is 0.0265. The lowest BCUT2D eigenvalue weighted by atomic mass is 10.4. The van der Waals surface area contributed by atoms with Gasteiger partial charge in [0.25, 0.3) is 5.91 Å². The van der Waals surface area contributed by atoms with Crippen LogP contribution >= 0.6 is 27.3 Å². The lowest BCUT2D eigenvalue weighted by Crippen LogP contribution is -2.24. The molecule has 0 saturated carbocycles. The maximum Gasteiger partial charge on any atom is 0.268 e. The summed E-state index contributed by atoms with van der Waals surface area (Å²) in [7, 11) is 0. The second kappa shape index (κ2) is 5.51. The monoisotopic (exact) mass is 312 g/mol. The SMILES string of the molecule is CCn1cccc1C(=O)NCc1ccc(Br)s1. The van der Waals surface area contributed by atoms with Crippen molar-refractivity contribution in [2.75, 3.05) is 0 Å². The lowest BCUT2D eigenvalue weighted by molar-refractivity contribution is 0.0942. The van der Waals surface area contributed by atoms with Crippen molar-refractivity contribution in [1.82, 2.24) is 9.88 Å². The van der Waals surface area contributed by atoms with Crippen LogP contribution < -0.4 is 5.32 Å². The standard InChI is InChI=1S/C12H13BrN2OS/c1-2-15-7-3-4-10(15)12(16)14-8-9-5-6-11(13)17-9/h3-7H,2,8H2,1H3,(H,14,16). The molecule has 0 aliphatic carbocycles. The van der Waals surface area contributed by atoms with Crippen LogP contribution in [-0.2, 0) is 13.1 Å². The normalized spacial score (nSPS) is 10.5. The third-order valence-electron chi connectivity index (χ3n) is 2.45. The summed E-state index contributed by atoms with van der Waals surface area (Å²) >= 11 is 5.03. The first-order chi connectivity index (χ1) is 8.20. The Labute approximate surface area is 113 Å². The minimum atomic E-state index is -0.0265. The molecule has 1 N–H and O–H groups in total. The van der Waals surface area contributed by atoms with Gasteiger partial charge in [-0.2, -0.15) is 0 Å². The van der Waals surface area contributed by atoms with E-state index in [4.69, 9.17) is 0 Å². The van der Waals surface area contributed by atoms with E-state index in [1.54, 1.807) is 11.3 Å². The molecule has 1 amide bonds. The van der Waals surface area contributed by atoms with Crippen molar-refractivity contribution in [3.05, 3.63) is 44.8 Å². The summed E-state index contributed by atoms with van der Waals surface area (Å²) in [6.07, 6.45) is 1.91. The van der Waals surface area contributed by atoms with Crippen molar-refractivity contribution in [1.29, 1.82) is 0 Å². The fourth-order valence-electron chi connectivity index (χ4n) is 1.60. The van der Waals surface area contributed by atoms with Crippen LogP contribution in [0.25, 0.3) is 0 Å². The second-order valence-electron chi connectivity index (χ2n) is 3.57. The van der Waals surface area contributed by atoms with E-state index in [1.807, 2.05) is 42.0 Å². The molecule has 3 nitrogen and oxygen atoms in total. The first-order valence-electron chi connectivity index (χ1n) is 5.38. The molecule has 2 rings (SSSR count). The maximum atomic E-state index is 11.9. The van der Waals surface area contributed by atoms with E-state index in [0.29, 0.717) is 12.2 Å². The number of hydrogen-bond acceptors (Lipinski definition) is 2. The average molecular weight is 313 g/mol. The molecule has 90 valence electrons. The van der Waals surface area contributed by atoms with Crippen molar-refractivity contribution in [3.8, 4) is 0 Å². The van der Waals surface area contributed by atoms with Gasteiger partial charge in [-0.1, -0.05) is 0 Å². The van der Waals surface area contributed by atoms with Gasteiger partial charge < -0.3 is 9.88 Å². The van der Waals surface area contributed by atoms with Crippen molar-refractivity contribution in [2.24, 2.45) is 0 Å².